The van der Waals surface area contributed by atoms with Gasteiger partial charge in [-0.2, -0.15) is 0 Å². The van der Waals surface area contributed by atoms with Crippen LogP contribution in [0.4, 0.5) is 0 Å². The molecule has 1 rings (SSSR count). The first-order chi connectivity index (χ1) is 5.08. The Labute approximate surface area is 78.5 Å². The minimum Gasteiger partial charge on any atom is -0.343 e. The van der Waals surface area contributed by atoms with Gasteiger partial charge in [0.1, 0.15) is 16.8 Å². The van der Waals surface area contributed by atoms with Gasteiger partial charge in [-0.15, -0.1) is 0 Å². The van der Waals surface area contributed by atoms with Gasteiger partial charge in [-0.1, -0.05) is 0 Å². The average molecular weight is 234 g/mol. The Hall–Kier alpha value is 0.100. The predicted molar refractivity (Wildman–Crippen MR) is 47.8 cm³/mol. The lowest BCUT2D eigenvalue weighted by Gasteiger charge is -2.14. The number of carbonyl (C=O) groups excluding carboxylic acids is 1. The van der Waals surface area contributed by atoms with Crippen molar-refractivity contribution in [3.8, 4) is 0 Å². The van der Waals surface area contributed by atoms with Crippen LogP contribution >= 0.6 is 41.7 Å². The zero-order valence-corrected chi connectivity index (χ0v) is 8.04. The van der Waals surface area contributed by atoms with Crippen molar-refractivity contribution in [1.82, 2.24) is 0 Å². The summed E-state index contributed by atoms with van der Waals surface area (Å²) >= 11 is 4.81. The van der Waals surface area contributed by atoms with Crippen molar-refractivity contribution >= 4 is 53.2 Å². The van der Waals surface area contributed by atoms with Gasteiger partial charge in [-0.3, -0.25) is 4.99 Å². The summed E-state index contributed by atoms with van der Waals surface area (Å²) in [6.45, 7) is 0. The molecule has 0 fully saturated rings. The molecule has 3 nitrogen and oxygen atoms in total. The predicted octanol–water partition coefficient (Wildman–Crippen LogP) is 2.68. The Bertz CT molecular complexity index is 250. The van der Waals surface area contributed by atoms with Gasteiger partial charge in [0.25, 0.3) is 0 Å². The summed E-state index contributed by atoms with van der Waals surface area (Å²) in [6, 6.07) is 0. The Morgan fingerprint density at radius 1 is 1.64 bits per heavy atom. The van der Waals surface area contributed by atoms with Gasteiger partial charge in [0.2, 0.25) is 0 Å². The van der Waals surface area contributed by atoms with E-state index in [0.29, 0.717) is 0 Å². The van der Waals surface area contributed by atoms with Crippen LogP contribution in [0, 0.1) is 0 Å². The van der Waals surface area contributed by atoms with E-state index in [1.54, 1.807) is 0 Å². The van der Waals surface area contributed by atoms with Gasteiger partial charge in [0, 0.05) is 6.20 Å². The molecular formula is C4H2Cl3NO2S. The third-order valence-electron chi connectivity index (χ3n) is 0.949. The van der Waals surface area contributed by atoms with Gasteiger partial charge in [0.05, 0.1) is 5.55 Å². The van der Waals surface area contributed by atoms with Gasteiger partial charge in [0.15, 0.2) is 0 Å². The molecule has 0 atom stereocenters. The standard InChI is InChI=1S/C4H2Cl3NO2S/c5-10-4(9)3-1-8-2-11(3,6)7/h1-2H. The highest BCUT2D eigenvalue weighted by atomic mass is 36.0. The monoisotopic (exact) mass is 233 g/mol. The fraction of sp³-hybridized carbons (Fsp3) is 0. The Balaban J connectivity index is 2.85. The SMILES string of the molecule is O=C(OCl)C1=CN=CS1(Cl)Cl. The number of hydrogen-bond donors (Lipinski definition) is 0. The third kappa shape index (κ3) is 1.82. The lowest BCUT2D eigenvalue weighted by atomic mass is 10.6. The van der Waals surface area contributed by atoms with Crippen LogP contribution in [0.15, 0.2) is 16.1 Å². The van der Waals surface area contributed by atoms with Crippen LogP contribution in [0.5, 0.6) is 0 Å². The van der Waals surface area contributed by atoms with Crippen LogP contribution in [0.25, 0.3) is 0 Å². The summed E-state index contributed by atoms with van der Waals surface area (Å²) in [5.74, 6) is -0.760. The summed E-state index contributed by atoms with van der Waals surface area (Å²) in [7, 11) is 9.11. The summed E-state index contributed by atoms with van der Waals surface area (Å²) in [5.41, 5.74) is 1.29. The molecule has 0 aromatic heterocycles. The van der Waals surface area contributed by atoms with Gasteiger partial charge < -0.3 is 4.29 Å². The van der Waals surface area contributed by atoms with E-state index in [-0.39, 0.29) is 4.91 Å². The second kappa shape index (κ2) is 3.23. The molecule has 0 N–H and O–H groups in total. The minimum atomic E-state index is -2.24. The van der Waals surface area contributed by atoms with Gasteiger partial charge in [-0.25, -0.2) is 4.79 Å². The number of halogens is 3. The Kier molecular flexibility index (Phi) is 2.70. The van der Waals surface area contributed by atoms with Crippen molar-refractivity contribution < 1.29 is 9.08 Å². The van der Waals surface area contributed by atoms with E-state index in [0.717, 1.165) is 0 Å². The average Bonchev–Trinajstić information content (AvgIpc) is 2.28. The number of hydrogen-bond acceptors (Lipinski definition) is 3. The molecule has 1 aliphatic rings. The Morgan fingerprint density at radius 2 is 2.27 bits per heavy atom. The molecule has 7 heteroatoms. The number of carbonyl (C=O) groups is 1. The fourth-order valence-electron chi connectivity index (χ4n) is 0.503. The van der Waals surface area contributed by atoms with E-state index in [4.69, 9.17) is 33.2 Å². The van der Waals surface area contributed by atoms with Crippen molar-refractivity contribution in [3.63, 3.8) is 0 Å². The quantitative estimate of drug-likeness (QED) is 0.700. The minimum absolute atomic E-state index is 0.0934. The van der Waals surface area contributed by atoms with E-state index in [2.05, 4.69) is 9.28 Å². The lowest BCUT2D eigenvalue weighted by molar-refractivity contribution is -0.128. The van der Waals surface area contributed by atoms with Crippen molar-refractivity contribution in [2.75, 3.05) is 0 Å². The first-order valence-corrected chi connectivity index (χ1v) is 6.02. The maximum Gasteiger partial charge on any atom is 0.365 e. The van der Waals surface area contributed by atoms with E-state index in [1.165, 1.54) is 11.7 Å². The molecule has 0 radical (unpaired) electrons. The first kappa shape index (κ1) is 9.19. The summed E-state index contributed by atoms with van der Waals surface area (Å²) < 4.78 is 3.91. The van der Waals surface area contributed by atoms with Crippen LogP contribution in [-0.2, 0) is 9.08 Å². The Morgan fingerprint density at radius 3 is 2.64 bits per heavy atom. The van der Waals surface area contributed by atoms with E-state index in [1.807, 2.05) is 0 Å². The van der Waals surface area contributed by atoms with Crippen LogP contribution in [-0.4, -0.2) is 11.5 Å². The summed E-state index contributed by atoms with van der Waals surface area (Å²) in [6.07, 6.45) is 1.24. The van der Waals surface area contributed by atoms with E-state index < -0.39 is 14.4 Å². The molecule has 0 aromatic rings. The van der Waals surface area contributed by atoms with Crippen molar-refractivity contribution in [1.29, 1.82) is 0 Å². The third-order valence-corrected chi connectivity index (χ3v) is 3.81. The van der Waals surface area contributed by atoms with Crippen LogP contribution in [0.3, 0.4) is 0 Å². The summed E-state index contributed by atoms with van der Waals surface area (Å²) in [4.78, 5) is 14.5. The number of aliphatic imine (C=N–C) groups is 1. The maximum absolute atomic E-state index is 10.8. The molecule has 0 saturated heterocycles. The van der Waals surface area contributed by atoms with E-state index >= 15 is 0 Å². The zero-order chi connectivity index (χ0) is 8.48. The molecule has 62 valence electrons. The molecule has 0 spiro atoms. The lowest BCUT2D eigenvalue weighted by Crippen LogP contribution is -2.01. The fourth-order valence-corrected chi connectivity index (χ4v) is 2.32. The van der Waals surface area contributed by atoms with E-state index in [9.17, 15) is 4.79 Å². The highest BCUT2D eigenvalue weighted by molar-refractivity contribution is 8.76. The maximum atomic E-state index is 10.8. The topological polar surface area (TPSA) is 38.7 Å². The highest BCUT2D eigenvalue weighted by Gasteiger charge is 2.32. The second-order valence-corrected chi connectivity index (χ2v) is 6.84. The normalized spacial score (nSPS) is 22.6. The smallest absolute Gasteiger partial charge is 0.343 e. The van der Waals surface area contributed by atoms with Crippen LogP contribution in [0.2, 0.25) is 0 Å². The van der Waals surface area contributed by atoms with Crippen molar-refractivity contribution in [2.45, 2.75) is 0 Å². The molecular weight excluding hydrogens is 232 g/mol. The molecule has 0 aromatic carbocycles. The molecule has 1 heterocycles. The van der Waals surface area contributed by atoms with Crippen molar-refractivity contribution in [3.05, 3.63) is 11.1 Å². The number of rotatable bonds is 1. The molecule has 0 aliphatic carbocycles. The largest absolute Gasteiger partial charge is 0.365 e. The number of nitrogens with zero attached hydrogens (tertiary/aromatic N) is 1. The van der Waals surface area contributed by atoms with Crippen LogP contribution < -0.4 is 0 Å². The molecule has 11 heavy (non-hydrogen) atoms. The van der Waals surface area contributed by atoms with Gasteiger partial charge in [-0.05, 0) is 29.8 Å². The first-order valence-electron chi connectivity index (χ1n) is 2.37. The van der Waals surface area contributed by atoms with Crippen LogP contribution in [0.1, 0.15) is 0 Å². The molecule has 1 aliphatic heterocycles. The second-order valence-electron chi connectivity index (χ2n) is 1.62. The zero-order valence-electron chi connectivity index (χ0n) is 4.96. The molecule has 0 bridgehead atoms. The summed E-state index contributed by atoms with van der Waals surface area (Å²) in [5, 5.41) is 0. The molecule has 0 unspecified atom stereocenters. The highest BCUT2D eigenvalue weighted by Crippen LogP contribution is 2.65. The molecule has 0 amide bonds. The van der Waals surface area contributed by atoms with Gasteiger partial charge >= 0.3 is 5.97 Å². The molecule has 0 saturated carbocycles. The van der Waals surface area contributed by atoms with Crippen molar-refractivity contribution in [2.24, 2.45) is 4.99 Å².